The third-order valence-electron chi connectivity index (χ3n) is 4.31. The number of hydrogen-bond donors (Lipinski definition) is 1. The van der Waals surface area contributed by atoms with Crippen LogP contribution in [0.3, 0.4) is 0 Å². The molecular weight excluding hydrogens is 488 g/mol. The number of anilines is 1. The Bertz CT molecular complexity index is 1260. The van der Waals surface area contributed by atoms with Crippen LogP contribution in [0.4, 0.5) is 10.1 Å². The predicted molar refractivity (Wildman–Crippen MR) is 116 cm³/mol. The van der Waals surface area contributed by atoms with Crippen molar-refractivity contribution < 1.29 is 12.3 Å². The number of halogens is 2. The molecule has 0 aliphatic rings. The van der Waals surface area contributed by atoms with Crippen molar-refractivity contribution in [1.82, 2.24) is 9.55 Å². The molecule has 1 N–H and O–H groups in total. The van der Waals surface area contributed by atoms with E-state index >= 15 is 0 Å². The molecule has 1 amide bonds. The Labute approximate surface area is 178 Å². The molecule has 0 saturated heterocycles. The van der Waals surface area contributed by atoms with E-state index < -0.39 is 17.3 Å². The molecule has 0 fully saturated rings. The van der Waals surface area contributed by atoms with E-state index in [1.807, 2.05) is 6.07 Å². The van der Waals surface area contributed by atoms with Crippen LogP contribution in [0.25, 0.3) is 16.7 Å². The second-order valence-corrected chi connectivity index (χ2v) is 6.53. The van der Waals surface area contributed by atoms with Crippen molar-refractivity contribution in [2.24, 2.45) is 0 Å². The highest BCUT2D eigenvalue weighted by atomic mass is 127. The van der Waals surface area contributed by atoms with Gasteiger partial charge in [-0.05, 0) is 48.5 Å². The molecule has 4 aromatic rings. The summed E-state index contributed by atoms with van der Waals surface area (Å²) in [5, 5.41) is 3.13. The van der Waals surface area contributed by atoms with E-state index in [4.69, 9.17) is 3.07 Å². The third-order valence-corrected chi connectivity index (χ3v) is 4.75. The van der Waals surface area contributed by atoms with Gasteiger partial charge in [0, 0.05) is 11.9 Å². The van der Waals surface area contributed by atoms with Gasteiger partial charge in [-0.2, -0.15) is 0 Å². The maximum Gasteiger partial charge on any atom is 0.273 e. The fourth-order valence-electron chi connectivity index (χ4n) is 3.02. The number of nitrogens with zero attached hydrogens (tertiary/aromatic N) is 2. The van der Waals surface area contributed by atoms with Crippen LogP contribution in [0.5, 0.6) is 5.75 Å². The maximum absolute atomic E-state index is 13.4. The van der Waals surface area contributed by atoms with Crippen LogP contribution in [0, 0.1) is 5.82 Å². The molecule has 144 valence electrons. The van der Waals surface area contributed by atoms with Crippen LogP contribution < -0.4 is 13.9 Å². The summed E-state index contributed by atoms with van der Waals surface area (Å²) >= 11 is 1.63. The number of hydrogen-bond acceptors (Lipinski definition) is 4. The zero-order valence-electron chi connectivity index (χ0n) is 14.8. The van der Waals surface area contributed by atoms with Crippen LogP contribution in [0.1, 0.15) is 10.4 Å². The summed E-state index contributed by atoms with van der Waals surface area (Å²) in [6.07, 6.45) is 1.57. The van der Waals surface area contributed by atoms with Crippen molar-refractivity contribution in [2.45, 2.75) is 0 Å². The molecule has 0 radical (unpaired) electrons. The maximum atomic E-state index is 13.4. The van der Waals surface area contributed by atoms with E-state index in [1.165, 1.54) is 28.8 Å². The minimum absolute atomic E-state index is 0.116. The number of pyridine rings is 2. The topological polar surface area (TPSA) is 73.2 Å². The first-order chi connectivity index (χ1) is 14.1. The molecule has 0 unspecified atom stereocenters. The zero-order valence-corrected chi connectivity index (χ0v) is 17.0. The highest BCUT2D eigenvalue weighted by molar-refractivity contribution is 14.1. The Kier molecular flexibility index (Phi) is 5.26. The van der Waals surface area contributed by atoms with Crippen LogP contribution in [0.2, 0.25) is 0 Å². The molecule has 0 saturated carbocycles. The number of aromatic nitrogens is 2. The van der Waals surface area contributed by atoms with E-state index in [9.17, 15) is 14.0 Å². The lowest BCUT2D eigenvalue weighted by Gasteiger charge is -2.15. The molecule has 4 rings (SSSR count). The van der Waals surface area contributed by atoms with Gasteiger partial charge in [0.25, 0.3) is 11.5 Å². The van der Waals surface area contributed by atoms with Gasteiger partial charge in [-0.3, -0.25) is 14.2 Å². The highest BCUT2D eigenvalue weighted by Crippen LogP contribution is 2.30. The first kappa shape index (κ1) is 19.1. The molecule has 0 aliphatic heterocycles. The van der Waals surface area contributed by atoms with Crippen LogP contribution in [-0.4, -0.2) is 15.5 Å². The van der Waals surface area contributed by atoms with E-state index in [2.05, 4.69) is 10.3 Å². The summed E-state index contributed by atoms with van der Waals surface area (Å²) in [7, 11) is 0. The van der Waals surface area contributed by atoms with Crippen molar-refractivity contribution >= 4 is 45.6 Å². The van der Waals surface area contributed by atoms with Gasteiger partial charge in [-0.25, -0.2) is 9.37 Å². The van der Waals surface area contributed by atoms with Crippen molar-refractivity contribution in [3.8, 4) is 11.4 Å². The number of carbonyl (C=O) groups excluding carboxylic acids is 1. The number of amides is 1. The standard InChI is InChI=1S/C21H13FIN3O3/c22-13-8-10-14(11-9-13)25-20(27)17-18(29-23)16-7-4-12-24-19(16)26(21(17)28)15-5-2-1-3-6-15/h1-12H,(H,25,27). The summed E-state index contributed by atoms with van der Waals surface area (Å²) < 4.78 is 19.9. The molecule has 2 aromatic carbocycles. The fourth-order valence-corrected chi connectivity index (χ4v) is 3.47. The average Bonchev–Trinajstić information content (AvgIpc) is 2.75. The Morgan fingerprint density at radius 1 is 1.03 bits per heavy atom. The highest BCUT2D eigenvalue weighted by Gasteiger charge is 2.25. The largest absolute Gasteiger partial charge is 0.426 e. The van der Waals surface area contributed by atoms with Gasteiger partial charge < -0.3 is 8.38 Å². The molecular formula is C21H13FIN3O3. The number of carbonyl (C=O) groups is 1. The number of benzene rings is 2. The SMILES string of the molecule is O=C(Nc1ccc(F)cc1)c1c(OI)c2cccnc2n(-c2ccccc2)c1=O. The van der Waals surface area contributed by atoms with Gasteiger partial charge in [0.1, 0.15) is 11.4 Å². The van der Waals surface area contributed by atoms with E-state index in [0.717, 1.165) is 0 Å². The molecule has 0 aliphatic carbocycles. The van der Waals surface area contributed by atoms with E-state index in [0.29, 0.717) is 22.4 Å². The first-order valence-corrected chi connectivity index (χ1v) is 9.43. The van der Waals surface area contributed by atoms with Gasteiger partial charge in [-0.15, -0.1) is 0 Å². The molecule has 29 heavy (non-hydrogen) atoms. The quantitative estimate of drug-likeness (QED) is 0.418. The van der Waals surface area contributed by atoms with E-state index in [1.54, 1.807) is 65.6 Å². The lowest BCUT2D eigenvalue weighted by Crippen LogP contribution is -2.29. The fraction of sp³-hybridized carbons (Fsp3) is 0. The number of para-hydroxylation sites is 1. The van der Waals surface area contributed by atoms with Gasteiger partial charge in [0.2, 0.25) is 0 Å². The second kappa shape index (κ2) is 8.00. The average molecular weight is 501 g/mol. The molecule has 0 spiro atoms. The van der Waals surface area contributed by atoms with Gasteiger partial charge in [0.15, 0.2) is 34.4 Å². The monoisotopic (exact) mass is 501 g/mol. The summed E-state index contributed by atoms with van der Waals surface area (Å²) in [5.41, 5.74) is 0.542. The Hall–Kier alpha value is -3.27. The van der Waals surface area contributed by atoms with Crippen molar-refractivity contribution in [3.63, 3.8) is 0 Å². The van der Waals surface area contributed by atoms with Crippen LogP contribution >= 0.6 is 23.0 Å². The molecule has 0 atom stereocenters. The summed E-state index contributed by atoms with van der Waals surface area (Å²) in [5.74, 6) is -0.975. The van der Waals surface area contributed by atoms with E-state index in [-0.39, 0.29) is 11.3 Å². The van der Waals surface area contributed by atoms with Crippen molar-refractivity contribution in [1.29, 1.82) is 0 Å². The first-order valence-electron chi connectivity index (χ1n) is 8.55. The molecule has 2 aromatic heterocycles. The lowest BCUT2D eigenvalue weighted by molar-refractivity contribution is 0.102. The second-order valence-electron chi connectivity index (χ2n) is 6.09. The Balaban J connectivity index is 1.96. The van der Waals surface area contributed by atoms with Gasteiger partial charge in [-0.1, -0.05) is 18.2 Å². The summed E-state index contributed by atoms with van der Waals surface area (Å²) in [4.78, 5) is 30.7. The summed E-state index contributed by atoms with van der Waals surface area (Å²) in [6, 6.07) is 17.6. The summed E-state index contributed by atoms with van der Waals surface area (Å²) in [6.45, 7) is 0. The molecule has 6 nitrogen and oxygen atoms in total. The molecule has 2 heterocycles. The van der Waals surface area contributed by atoms with Crippen LogP contribution in [-0.2, 0) is 0 Å². The molecule has 8 heteroatoms. The normalized spacial score (nSPS) is 10.7. The smallest absolute Gasteiger partial charge is 0.273 e. The molecule has 0 bridgehead atoms. The van der Waals surface area contributed by atoms with Gasteiger partial charge in [0.05, 0.1) is 11.1 Å². The van der Waals surface area contributed by atoms with Crippen molar-refractivity contribution in [2.75, 3.05) is 5.32 Å². The minimum Gasteiger partial charge on any atom is -0.426 e. The van der Waals surface area contributed by atoms with Crippen LogP contribution in [0.15, 0.2) is 77.7 Å². The van der Waals surface area contributed by atoms with Gasteiger partial charge >= 0.3 is 0 Å². The Morgan fingerprint density at radius 2 is 1.76 bits per heavy atom. The lowest BCUT2D eigenvalue weighted by atomic mass is 10.1. The number of rotatable bonds is 4. The van der Waals surface area contributed by atoms with Crippen molar-refractivity contribution in [3.05, 3.63) is 94.7 Å². The number of nitrogens with one attached hydrogen (secondary N) is 1. The minimum atomic E-state index is -0.663. The zero-order chi connectivity index (χ0) is 20.4. The predicted octanol–water partition coefficient (Wildman–Crippen LogP) is 4.51. The number of fused-ring (bicyclic) bond motifs is 1. The Morgan fingerprint density at radius 3 is 2.45 bits per heavy atom. The third kappa shape index (κ3) is 3.58.